The molecule has 81 heavy (non-hydrogen) atoms. The van der Waals surface area contributed by atoms with Crippen molar-refractivity contribution in [2.75, 3.05) is 21.3 Å². The molecule has 9 aromatic carbocycles. The SMILES string of the molecule is COc1cc(C)c(C#Cc2cc(C(C)(C)C)cc(C#Cc3c(C)cc(C)cc3C)c2-c2ccc3cc4cc(-c5c(C#Cc6c(C)cc(OC)cc6C)cc(C(C)(C)C)cc5C#Cc5c(C)cc(OC)cc5C)ccc4cc3c2)c(C)c1. The number of ether oxygens (including phenoxy) is 3. The summed E-state index contributed by atoms with van der Waals surface area (Å²) < 4.78 is 16.9. The van der Waals surface area contributed by atoms with Crippen molar-refractivity contribution < 1.29 is 14.2 Å². The van der Waals surface area contributed by atoms with Crippen molar-refractivity contribution in [1.29, 1.82) is 0 Å². The Morgan fingerprint density at radius 3 is 0.790 bits per heavy atom. The Balaban J connectivity index is 1.26. The van der Waals surface area contributed by atoms with Crippen molar-refractivity contribution in [3.8, 4) is 86.9 Å². The average molecular weight is 1060 g/mol. The molecule has 0 atom stereocenters. The first-order valence-corrected chi connectivity index (χ1v) is 27.9. The summed E-state index contributed by atoms with van der Waals surface area (Å²) >= 11 is 0. The third kappa shape index (κ3) is 12.2. The van der Waals surface area contributed by atoms with Gasteiger partial charge in [0, 0.05) is 55.6 Å². The molecule has 0 aromatic heterocycles. The molecule has 0 bridgehead atoms. The van der Waals surface area contributed by atoms with E-state index in [9.17, 15) is 0 Å². The van der Waals surface area contributed by atoms with E-state index >= 15 is 0 Å². The van der Waals surface area contributed by atoms with Gasteiger partial charge in [0.05, 0.1) is 21.3 Å². The Morgan fingerprint density at radius 2 is 0.543 bits per heavy atom. The molecule has 0 saturated carbocycles. The molecule has 0 fully saturated rings. The molecule has 404 valence electrons. The highest BCUT2D eigenvalue weighted by atomic mass is 16.5. The third-order valence-corrected chi connectivity index (χ3v) is 15.6. The molecule has 0 aliphatic rings. The summed E-state index contributed by atoms with van der Waals surface area (Å²) in [5.74, 6) is 31.9. The second-order valence-corrected chi connectivity index (χ2v) is 24.1. The van der Waals surface area contributed by atoms with Gasteiger partial charge >= 0.3 is 0 Å². The van der Waals surface area contributed by atoms with E-state index in [2.05, 4.69) is 273 Å². The fourth-order valence-corrected chi connectivity index (χ4v) is 11.1. The Hall–Kier alpha value is -8.86. The maximum Gasteiger partial charge on any atom is 0.119 e. The van der Waals surface area contributed by atoms with Crippen molar-refractivity contribution in [3.63, 3.8) is 0 Å². The van der Waals surface area contributed by atoms with Crippen LogP contribution < -0.4 is 14.2 Å². The average Bonchev–Trinajstić information content (AvgIpc) is 3.59. The standard InChI is InChI=1S/C78H74O3/c1-47-31-48(2)71(49(3)32-47)27-23-60-43-66(77(10,11)12)44-61(24-28-72-50(4)33-68(79-16)34-51(72)5)75(60)58-21-19-56-40-65-42-59(22-20-57(65)39-64(56)41-58)76-62(25-29-73-52(6)35-69(80-17)36-53(73)7)45-67(78(13,14)15)46-63(76)26-30-74-54(8)37-70(81-18)38-55(74)9/h19-22,31-46H,1-18H3. The van der Waals surface area contributed by atoms with Crippen LogP contribution in [-0.4, -0.2) is 21.3 Å². The minimum atomic E-state index is -0.173. The van der Waals surface area contributed by atoms with E-state index in [0.29, 0.717) is 0 Å². The maximum atomic E-state index is 5.63. The lowest BCUT2D eigenvalue weighted by atomic mass is 9.81. The summed E-state index contributed by atoms with van der Waals surface area (Å²) in [4.78, 5) is 0. The second-order valence-electron chi connectivity index (χ2n) is 24.1. The number of methoxy groups -OCH3 is 3. The van der Waals surface area contributed by atoms with Gasteiger partial charge in [-0.2, -0.15) is 0 Å². The van der Waals surface area contributed by atoms with Gasteiger partial charge in [-0.3, -0.25) is 0 Å². The van der Waals surface area contributed by atoms with Crippen molar-refractivity contribution in [3.05, 3.63) is 227 Å². The van der Waals surface area contributed by atoms with Crippen LogP contribution in [0.1, 0.15) is 147 Å². The van der Waals surface area contributed by atoms with E-state index in [-0.39, 0.29) is 10.8 Å². The van der Waals surface area contributed by atoms with Crippen molar-refractivity contribution >= 4 is 21.5 Å². The van der Waals surface area contributed by atoms with E-state index < -0.39 is 0 Å². The predicted molar refractivity (Wildman–Crippen MR) is 342 cm³/mol. The largest absolute Gasteiger partial charge is 0.497 e. The summed E-state index contributed by atoms with van der Waals surface area (Å²) in [5, 5.41) is 4.50. The van der Waals surface area contributed by atoms with Crippen LogP contribution in [0.5, 0.6) is 17.2 Å². The molecule has 0 heterocycles. The smallest absolute Gasteiger partial charge is 0.119 e. The van der Waals surface area contributed by atoms with Gasteiger partial charge in [0.15, 0.2) is 0 Å². The highest BCUT2D eigenvalue weighted by Gasteiger charge is 2.22. The first kappa shape index (κ1) is 56.8. The molecule has 0 N–H and O–H groups in total. The van der Waals surface area contributed by atoms with E-state index in [1.54, 1.807) is 21.3 Å². The minimum Gasteiger partial charge on any atom is -0.497 e. The molecular weight excluding hydrogens is 985 g/mol. The minimum absolute atomic E-state index is 0.160. The van der Waals surface area contributed by atoms with Crippen LogP contribution in [0.3, 0.4) is 0 Å². The van der Waals surface area contributed by atoms with Crippen molar-refractivity contribution in [2.45, 2.75) is 115 Å². The number of fused-ring (bicyclic) bond motifs is 2. The van der Waals surface area contributed by atoms with Crippen LogP contribution >= 0.6 is 0 Å². The zero-order valence-electron chi connectivity index (χ0n) is 50.8. The molecule has 9 aromatic rings. The Kier molecular flexibility index (Phi) is 15.9. The molecular formula is C78H74O3. The normalized spacial score (nSPS) is 11.2. The van der Waals surface area contributed by atoms with Crippen molar-refractivity contribution in [1.82, 2.24) is 0 Å². The monoisotopic (exact) mass is 1060 g/mol. The van der Waals surface area contributed by atoms with Gasteiger partial charge in [-0.1, -0.05) is 131 Å². The molecule has 0 unspecified atom stereocenters. The summed E-state index contributed by atoms with van der Waals surface area (Å²) in [5.41, 5.74) is 23.9. The Labute approximate surface area is 483 Å². The highest BCUT2D eigenvalue weighted by molar-refractivity contribution is 6.02. The lowest BCUT2D eigenvalue weighted by molar-refractivity contribution is 0.414. The number of aryl methyl sites for hydroxylation is 9. The molecule has 3 heteroatoms. The van der Waals surface area contributed by atoms with Gasteiger partial charge in [-0.05, 0) is 246 Å². The van der Waals surface area contributed by atoms with E-state index in [0.717, 1.165) is 144 Å². The predicted octanol–water partition coefficient (Wildman–Crippen LogP) is 18.3. The van der Waals surface area contributed by atoms with Gasteiger partial charge in [-0.25, -0.2) is 0 Å². The van der Waals surface area contributed by atoms with Crippen molar-refractivity contribution in [2.24, 2.45) is 0 Å². The molecule has 9 rings (SSSR count). The highest BCUT2D eigenvalue weighted by Crippen LogP contribution is 2.39. The fraction of sp³-hybridized carbons (Fsp3) is 0.256. The zero-order valence-corrected chi connectivity index (χ0v) is 50.8. The molecule has 3 nitrogen and oxygen atoms in total. The summed E-state index contributed by atoms with van der Waals surface area (Å²) in [6.07, 6.45) is 0. The van der Waals surface area contributed by atoms with Crippen LogP contribution in [0.15, 0.2) is 121 Å². The first-order valence-electron chi connectivity index (χ1n) is 27.9. The number of rotatable bonds is 5. The van der Waals surface area contributed by atoms with Gasteiger partial charge in [-0.15, -0.1) is 0 Å². The quantitative estimate of drug-likeness (QED) is 0.127. The number of benzene rings is 9. The van der Waals surface area contributed by atoms with Crippen LogP contribution in [0.4, 0.5) is 0 Å². The Morgan fingerprint density at radius 1 is 0.284 bits per heavy atom. The number of hydrogen-bond acceptors (Lipinski definition) is 3. The number of hydrogen-bond donors (Lipinski definition) is 0. The summed E-state index contributed by atoms with van der Waals surface area (Å²) in [6, 6.07) is 44.1. The summed E-state index contributed by atoms with van der Waals surface area (Å²) in [7, 11) is 5.12. The van der Waals surface area contributed by atoms with Crippen LogP contribution in [-0.2, 0) is 10.8 Å². The fourth-order valence-electron chi connectivity index (χ4n) is 11.1. The van der Waals surface area contributed by atoms with Gasteiger partial charge < -0.3 is 14.2 Å². The molecule has 0 spiro atoms. The van der Waals surface area contributed by atoms with Crippen LogP contribution in [0.2, 0.25) is 0 Å². The maximum absolute atomic E-state index is 5.63. The zero-order chi connectivity index (χ0) is 58.2. The van der Waals surface area contributed by atoms with Crippen LogP contribution in [0.25, 0.3) is 43.8 Å². The molecule has 0 saturated heterocycles. The summed E-state index contributed by atoms with van der Waals surface area (Å²) in [6.45, 7) is 32.6. The Bertz CT molecular complexity index is 4110. The molecule has 0 amide bonds. The lowest BCUT2D eigenvalue weighted by Crippen LogP contribution is -2.12. The van der Waals surface area contributed by atoms with E-state index in [1.807, 2.05) is 0 Å². The van der Waals surface area contributed by atoms with Gasteiger partial charge in [0.25, 0.3) is 0 Å². The third-order valence-electron chi connectivity index (χ3n) is 15.6. The van der Waals surface area contributed by atoms with Gasteiger partial charge in [0.2, 0.25) is 0 Å². The molecule has 0 aliphatic heterocycles. The lowest BCUT2D eigenvalue weighted by Gasteiger charge is -2.22. The molecule has 0 aliphatic carbocycles. The van der Waals surface area contributed by atoms with E-state index in [1.165, 1.54) is 22.3 Å². The second kappa shape index (κ2) is 22.7. The first-order chi connectivity index (χ1) is 38.4. The van der Waals surface area contributed by atoms with Gasteiger partial charge in [0.1, 0.15) is 17.2 Å². The van der Waals surface area contributed by atoms with Crippen LogP contribution in [0, 0.1) is 110 Å². The topological polar surface area (TPSA) is 27.7 Å². The van der Waals surface area contributed by atoms with E-state index in [4.69, 9.17) is 14.2 Å². The molecule has 0 radical (unpaired) electrons.